The Balaban J connectivity index is 5.82. The van der Waals surface area contributed by atoms with Crippen LogP contribution in [0.15, 0.2) is 0 Å². The molecule has 2 amide bonds. The monoisotopic (exact) mass is 373 g/mol. The fourth-order valence-electron chi connectivity index (χ4n) is 1.88. The number of carbonyl (C=O) groups excluding carboxylic acids is 4. The molecule has 0 aliphatic heterocycles. The summed E-state index contributed by atoms with van der Waals surface area (Å²) in [6, 6.07) is -1.32. The molecular formula is C18H31NO7. The van der Waals surface area contributed by atoms with Crippen molar-refractivity contribution in [3.63, 3.8) is 0 Å². The minimum atomic E-state index is -1.32. The van der Waals surface area contributed by atoms with E-state index in [1.807, 2.05) is 0 Å². The van der Waals surface area contributed by atoms with E-state index >= 15 is 0 Å². The molecule has 0 aromatic carbocycles. The Morgan fingerprint density at radius 3 is 1.62 bits per heavy atom. The average Bonchev–Trinajstić information content (AvgIpc) is 2.38. The molecule has 0 aliphatic rings. The predicted octanol–water partition coefficient (Wildman–Crippen LogP) is 3.46. The van der Waals surface area contributed by atoms with Gasteiger partial charge in [0.1, 0.15) is 23.0 Å². The molecule has 0 spiro atoms. The zero-order chi connectivity index (χ0) is 20.7. The summed E-state index contributed by atoms with van der Waals surface area (Å²) in [7, 11) is 0. The number of amides is 2. The van der Waals surface area contributed by atoms with Crippen LogP contribution < -0.4 is 0 Å². The molecule has 150 valence electrons. The van der Waals surface area contributed by atoms with Crippen LogP contribution in [0.5, 0.6) is 0 Å². The van der Waals surface area contributed by atoms with E-state index in [2.05, 4.69) is 0 Å². The highest BCUT2D eigenvalue weighted by Gasteiger charge is 2.40. The molecule has 0 bridgehead atoms. The van der Waals surface area contributed by atoms with Crippen molar-refractivity contribution in [2.75, 3.05) is 6.61 Å². The van der Waals surface area contributed by atoms with E-state index in [1.165, 1.54) is 6.92 Å². The van der Waals surface area contributed by atoms with Gasteiger partial charge in [0.05, 0.1) is 6.61 Å². The maximum absolute atomic E-state index is 12.6. The van der Waals surface area contributed by atoms with Gasteiger partial charge in [-0.05, 0) is 61.8 Å². The van der Waals surface area contributed by atoms with E-state index in [0.717, 1.165) is 0 Å². The third-order valence-electron chi connectivity index (χ3n) is 2.82. The topological polar surface area (TPSA) is 99.2 Å². The van der Waals surface area contributed by atoms with Crippen LogP contribution in [0, 0.1) is 0 Å². The number of nitrogens with zero attached hydrogens (tertiary/aromatic N) is 1. The molecule has 0 heterocycles. The number of imide groups is 1. The summed E-state index contributed by atoms with van der Waals surface area (Å²) >= 11 is 0. The van der Waals surface area contributed by atoms with Gasteiger partial charge in [-0.1, -0.05) is 0 Å². The number of hydrogen-bond acceptors (Lipinski definition) is 7. The normalized spacial score (nSPS) is 12.8. The van der Waals surface area contributed by atoms with Gasteiger partial charge in [0.25, 0.3) is 0 Å². The predicted molar refractivity (Wildman–Crippen MR) is 94.6 cm³/mol. The lowest BCUT2D eigenvalue weighted by atomic mass is 10.1. The van der Waals surface area contributed by atoms with Crippen molar-refractivity contribution in [1.82, 2.24) is 4.90 Å². The fraction of sp³-hybridized carbons (Fsp3) is 0.778. The Labute approximate surface area is 155 Å². The number of esters is 1. The van der Waals surface area contributed by atoms with E-state index < -0.39 is 35.4 Å². The second-order valence-electron chi connectivity index (χ2n) is 7.84. The van der Waals surface area contributed by atoms with Crippen LogP contribution in [-0.2, 0) is 23.8 Å². The Bertz CT molecular complexity index is 501. The van der Waals surface area contributed by atoms with Crippen LogP contribution in [0.2, 0.25) is 0 Å². The third kappa shape index (κ3) is 9.39. The molecule has 26 heavy (non-hydrogen) atoms. The molecule has 0 aromatic rings. The highest BCUT2D eigenvalue weighted by molar-refractivity contribution is 5.94. The number of ketones is 1. The molecule has 8 nitrogen and oxygen atoms in total. The first-order chi connectivity index (χ1) is 11.7. The van der Waals surface area contributed by atoms with Crippen LogP contribution >= 0.6 is 0 Å². The summed E-state index contributed by atoms with van der Waals surface area (Å²) < 4.78 is 15.5. The van der Waals surface area contributed by atoms with Gasteiger partial charge in [-0.25, -0.2) is 14.4 Å². The lowest BCUT2D eigenvalue weighted by Crippen LogP contribution is -2.52. The highest BCUT2D eigenvalue weighted by atomic mass is 16.6. The van der Waals surface area contributed by atoms with Crippen LogP contribution in [0.25, 0.3) is 0 Å². The first-order valence-electron chi connectivity index (χ1n) is 8.59. The largest absolute Gasteiger partial charge is 0.464 e. The van der Waals surface area contributed by atoms with Gasteiger partial charge < -0.3 is 19.0 Å². The molecule has 0 fully saturated rings. The Kier molecular flexibility index (Phi) is 8.76. The zero-order valence-corrected chi connectivity index (χ0v) is 17.0. The van der Waals surface area contributed by atoms with Crippen molar-refractivity contribution >= 4 is 23.9 Å². The first-order valence-corrected chi connectivity index (χ1v) is 8.59. The Morgan fingerprint density at radius 1 is 0.885 bits per heavy atom. The number of ether oxygens (including phenoxy) is 3. The quantitative estimate of drug-likeness (QED) is 0.519. The fourth-order valence-corrected chi connectivity index (χ4v) is 1.88. The Hall–Kier alpha value is -2.12. The maximum atomic E-state index is 12.6. The van der Waals surface area contributed by atoms with Gasteiger partial charge in [0.2, 0.25) is 0 Å². The van der Waals surface area contributed by atoms with E-state index in [-0.39, 0.29) is 25.2 Å². The molecule has 1 atom stereocenters. The molecule has 0 aliphatic carbocycles. The SMILES string of the molecule is CCOC(=O)[C@H](CCC(C)=O)N(C(=O)OC(C)(C)C)C(=O)OC(C)(C)C. The van der Waals surface area contributed by atoms with Gasteiger partial charge >= 0.3 is 18.2 Å². The van der Waals surface area contributed by atoms with E-state index in [9.17, 15) is 19.2 Å². The lowest BCUT2D eigenvalue weighted by molar-refractivity contribution is -0.149. The number of carbonyl (C=O) groups is 4. The molecule has 0 saturated heterocycles. The van der Waals surface area contributed by atoms with Crippen molar-refractivity contribution in [2.45, 2.75) is 85.5 Å². The number of hydrogen-bond donors (Lipinski definition) is 0. The molecule has 0 rings (SSSR count). The molecule has 0 unspecified atom stereocenters. The maximum Gasteiger partial charge on any atom is 0.420 e. The summed E-state index contributed by atoms with van der Waals surface area (Å²) in [5.74, 6) is -0.988. The summed E-state index contributed by atoms with van der Waals surface area (Å²) in [4.78, 5) is 49.5. The molecule has 8 heteroatoms. The van der Waals surface area contributed by atoms with Gasteiger partial charge in [-0.2, -0.15) is 4.90 Å². The van der Waals surface area contributed by atoms with Crippen LogP contribution in [0.4, 0.5) is 9.59 Å². The van der Waals surface area contributed by atoms with E-state index in [4.69, 9.17) is 14.2 Å². The average molecular weight is 373 g/mol. The van der Waals surface area contributed by atoms with Crippen LogP contribution in [0.3, 0.4) is 0 Å². The van der Waals surface area contributed by atoms with Gasteiger partial charge in [-0.3, -0.25) is 0 Å². The zero-order valence-electron chi connectivity index (χ0n) is 17.0. The van der Waals surface area contributed by atoms with Crippen molar-refractivity contribution in [1.29, 1.82) is 0 Å². The molecule has 0 saturated carbocycles. The van der Waals surface area contributed by atoms with Crippen molar-refractivity contribution < 1.29 is 33.4 Å². The summed E-state index contributed by atoms with van der Waals surface area (Å²) in [5.41, 5.74) is -1.78. The standard InChI is InChI=1S/C18H31NO7/c1-9-24-14(21)13(11-10-12(2)20)19(15(22)25-17(3,4)5)16(23)26-18(6,7)8/h13H,9-11H2,1-8H3/t13-/m0/s1. The molecule has 0 N–H and O–H groups in total. The number of rotatable bonds is 6. The first kappa shape index (κ1) is 23.9. The van der Waals surface area contributed by atoms with E-state index in [1.54, 1.807) is 48.5 Å². The lowest BCUT2D eigenvalue weighted by Gasteiger charge is -2.32. The molecule has 0 aromatic heterocycles. The summed E-state index contributed by atoms with van der Waals surface area (Å²) in [6.45, 7) is 12.8. The Morgan fingerprint density at radius 2 is 1.31 bits per heavy atom. The minimum Gasteiger partial charge on any atom is -0.464 e. The number of Topliss-reactive ketones (excluding diaryl/α,β-unsaturated/α-hetero) is 1. The van der Waals surface area contributed by atoms with Gasteiger partial charge in [0, 0.05) is 6.42 Å². The summed E-state index contributed by atoms with van der Waals surface area (Å²) in [5, 5.41) is 0. The van der Waals surface area contributed by atoms with Crippen molar-refractivity contribution in [3.05, 3.63) is 0 Å². The van der Waals surface area contributed by atoms with E-state index in [0.29, 0.717) is 4.90 Å². The van der Waals surface area contributed by atoms with Crippen molar-refractivity contribution in [3.8, 4) is 0 Å². The molecular weight excluding hydrogens is 342 g/mol. The van der Waals surface area contributed by atoms with Crippen LogP contribution in [-0.4, -0.2) is 52.7 Å². The second kappa shape index (κ2) is 9.54. The second-order valence-corrected chi connectivity index (χ2v) is 7.84. The smallest absolute Gasteiger partial charge is 0.420 e. The highest BCUT2D eigenvalue weighted by Crippen LogP contribution is 2.20. The van der Waals surface area contributed by atoms with Crippen LogP contribution in [0.1, 0.15) is 68.2 Å². The third-order valence-corrected chi connectivity index (χ3v) is 2.82. The van der Waals surface area contributed by atoms with Gasteiger partial charge in [0.15, 0.2) is 0 Å². The molecule has 0 radical (unpaired) electrons. The van der Waals surface area contributed by atoms with Crippen molar-refractivity contribution in [2.24, 2.45) is 0 Å². The summed E-state index contributed by atoms with van der Waals surface area (Å²) in [6.07, 6.45) is -2.15. The minimum absolute atomic E-state index is 0.00836. The van der Waals surface area contributed by atoms with Gasteiger partial charge in [-0.15, -0.1) is 0 Å².